The van der Waals surface area contributed by atoms with Crippen molar-refractivity contribution in [3.8, 4) is 0 Å². The van der Waals surface area contributed by atoms with Gasteiger partial charge in [0.15, 0.2) is 0 Å². The third-order valence-corrected chi connectivity index (χ3v) is 3.74. The first-order valence-electron chi connectivity index (χ1n) is 7.33. The van der Waals surface area contributed by atoms with E-state index in [1.807, 2.05) is 34.6 Å². The van der Waals surface area contributed by atoms with Crippen molar-refractivity contribution < 1.29 is 14.6 Å². The molecule has 0 bridgehead atoms. The lowest BCUT2D eigenvalue weighted by molar-refractivity contribution is -0.163. The van der Waals surface area contributed by atoms with Gasteiger partial charge in [0, 0.05) is 5.54 Å². The standard InChI is InChI=1S/C16H29NO3/c1-7-8-12(18)9-11-10-17-16(5,6)13(11)14(19)20-15(2,3)4/h7,11-13,17-18H,1,8-10H2,2-6H3/t11?,12?,13-/m1/s1. The van der Waals surface area contributed by atoms with Gasteiger partial charge < -0.3 is 15.2 Å². The Bertz CT molecular complexity index is 357. The third-order valence-electron chi connectivity index (χ3n) is 3.74. The second kappa shape index (κ2) is 6.27. The van der Waals surface area contributed by atoms with E-state index in [0.29, 0.717) is 12.8 Å². The summed E-state index contributed by atoms with van der Waals surface area (Å²) < 4.78 is 5.55. The molecular formula is C16H29NO3. The molecule has 2 N–H and O–H groups in total. The number of carbonyl (C=O) groups is 1. The highest BCUT2D eigenvalue weighted by Gasteiger charge is 2.48. The largest absolute Gasteiger partial charge is 0.460 e. The lowest BCUT2D eigenvalue weighted by Crippen LogP contribution is -2.45. The maximum absolute atomic E-state index is 12.5. The quantitative estimate of drug-likeness (QED) is 0.600. The average molecular weight is 283 g/mol. The fraction of sp³-hybridized carbons (Fsp3) is 0.812. The Labute approximate surface area is 122 Å². The van der Waals surface area contributed by atoms with Gasteiger partial charge in [-0.05, 0) is 59.9 Å². The highest BCUT2D eigenvalue weighted by atomic mass is 16.6. The molecule has 1 aliphatic rings. The zero-order valence-electron chi connectivity index (χ0n) is 13.4. The van der Waals surface area contributed by atoms with Crippen molar-refractivity contribution in [3.05, 3.63) is 12.7 Å². The summed E-state index contributed by atoms with van der Waals surface area (Å²) in [5, 5.41) is 13.3. The Hall–Kier alpha value is -0.870. The molecule has 2 unspecified atom stereocenters. The predicted octanol–water partition coefficient (Wildman–Crippen LogP) is 2.27. The van der Waals surface area contributed by atoms with Gasteiger partial charge in [-0.15, -0.1) is 6.58 Å². The Morgan fingerprint density at radius 1 is 1.55 bits per heavy atom. The Morgan fingerprint density at radius 2 is 2.15 bits per heavy atom. The first-order chi connectivity index (χ1) is 9.07. The maximum Gasteiger partial charge on any atom is 0.311 e. The molecule has 0 saturated carbocycles. The highest BCUT2D eigenvalue weighted by Crippen LogP contribution is 2.36. The van der Waals surface area contributed by atoms with Crippen LogP contribution in [0, 0.1) is 11.8 Å². The van der Waals surface area contributed by atoms with Crippen molar-refractivity contribution >= 4 is 5.97 Å². The average Bonchev–Trinajstić information content (AvgIpc) is 2.51. The number of nitrogens with one attached hydrogen (secondary N) is 1. The molecule has 1 aliphatic heterocycles. The molecule has 0 aliphatic carbocycles. The van der Waals surface area contributed by atoms with Crippen LogP contribution in [-0.2, 0) is 9.53 Å². The zero-order chi connectivity index (χ0) is 15.6. The van der Waals surface area contributed by atoms with Crippen LogP contribution in [0.25, 0.3) is 0 Å². The van der Waals surface area contributed by atoms with E-state index in [-0.39, 0.29) is 23.3 Å². The monoisotopic (exact) mass is 283 g/mol. The van der Waals surface area contributed by atoms with Gasteiger partial charge in [-0.3, -0.25) is 4.79 Å². The molecular weight excluding hydrogens is 254 g/mol. The highest BCUT2D eigenvalue weighted by molar-refractivity contribution is 5.75. The van der Waals surface area contributed by atoms with Crippen LogP contribution >= 0.6 is 0 Å². The van der Waals surface area contributed by atoms with E-state index in [4.69, 9.17) is 4.74 Å². The van der Waals surface area contributed by atoms with Crippen LogP contribution in [0.15, 0.2) is 12.7 Å². The molecule has 20 heavy (non-hydrogen) atoms. The molecule has 4 heteroatoms. The zero-order valence-corrected chi connectivity index (χ0v) is 13.4. The van der Waals surface area contributed by atoms with Crippen molar-refractivity contribution in [2.24, 2.45) is 11.8 Å². The van der Waals surface area contributed by atoms with Gasteiger partial charge in [0.25, 0.3) is 0 Å². The molecule has 4 nitrogen and oxygen atoms in total. The van der Waals surface area contributed by atoms with Crippen molar-refractivity contribution in [3.63, 3.8) is 0 Å². The van der Waals surface area contributed by atoms with Gasteiger partial charge >= 0.3 is 5.97 Å². The van der Waals surface area contributed by atoms with Crippen molar-refractivity contribution in [2.45, 2.75) is 64.7 Å². The summed E-state index contributed by atoms with van der Waals surface area (Å²) in [6.45, 7) is 14.0. The fourth-order valence-corrected chi connectivity index (χ4v) is 2.92. The van der Waals surface area contributed by atoms with Crippen LogP contribution in [-0.4, -0.2) is 34.9 Å². The minimum absolute atomic E-state index is 0.0924. The minimum Gasteiger partial charge on any atom is -0.460 e. The molecule has 0 aromatic heterocycles. The molecule has 3 atom stereocenters. The number of aliphatic hydroxyl groups excluding tert-OH is 1. The number of hydrogen-bond acceptors (Lipinski definition) is 4. The molecule has 0 spiro atoms. The van der Waals surface area contributed by atoms with E-state index >= 15 is 0 Å². The van der Waals surface area contributed by atoms with Crippen LogP contribution in [0.2, 0.25) is 0 Å². The predicted molar refractivity (Wildman–Crippen MR) is 80.3 cm³/mol. The SMILES string of the molecule is C=CCC(O)CC1CNC(C)(C)[C@H]1C(=O)OC(C)(C)C. The van der Waals surface area contributed by atoms with Gasteiger partial charge in [-0.2, -0.15) is 0 Å². The van der Waals surface area contributed by atoms with Gasteiger partial charge in [-0.1, -0.05) is 6.08 Å². The first kappa shape index (κ1) is 17.2. The lowest BCUT2D eigenvalue weighted by atomic mass is 9.80. The summed E-state index contributed by atoms with van der Waals surface area (Å²) >= 11 is 0. The van der Waals surface area contributed by atoms with Gasteiger partial charge in [0.2, 0.25) is 0 Å². The van der Waals surface area contributed by atoms with Crippen molar-refractivity contribution in [1.29, 1.82) is 0 Å². The van der Waals surface area contributed by atoms with Crippen LogP contribution < -0.4 is 5.32 Å². The second-order valence-corrected chi connectivity index (χ2v) is 7.29. The van der Waals surface area contributed by atoms with Gasteiger partial charge in [-0.25, -0.2) is 0 Å². The maximum atomic E-state index is 12.5. The van der Waals surface area contributed by atoms with E-state index in [2.05, 4.69) is 11.9 Å². The minimum atomic E-state index is -0.486. The lowest BCUT2D eigenvalue weighted by Gasteiger charge is -2.32. The van der Waals surface area contributed by atoms with Crippen LogP contribution in [0.4, 0.5) is 0 Å². The topological polar surface area (TPSA) is 58.6 Å². The van der Waals surface area contributed by atoms with Crippen LogP contribution in [0.1, 0.15) is 47.5 Å². The molecule has 1 fully saturated rings. The number of aliphatic hydroxyl groups is 1. The van der Waals surface area contributed by atoms with E-state index in [9.17, 15) is 9.90 Å². The molecule has 1 saturated heterocycles. The summed E-state index contributed by atoms with van der Waals surface area (Å²) in [5.41, 5.74) is -0.791. The molecule has 0 aromatic carbocycles. The molecule has 116 valence electrons. The third kappa shape index (κ3) is 4.60. The molecule has 1 heterocycles. The second-order valence-electron chi connectivity index (χ2n) is 7.29. The number of esters is 1. The summed E-state index contributed by atoms with van der Waals surface area (Å²) in [6, 6.07) is 0. The van der Waals surface area contributed by atoms with Crippen LogP contribution in [0.5, 0.6) is 0 Å². The van der Waals surface area contributed by atoms with Gasteiger partial charge in [0.05, 0.1) is 12.0 Å². The number of ether oxygens (including phenoxy) is 1. The Morgan fingerprint density at radius 3 is 2.65 bits per heavy atom. The van der Waals surface area contributed by atoms with E-state index in [0.717, 1.165) is 6.54 Å². The van der Waals surface area contributed by atoms with Crippen molar-refractivity contribution in [2.75, 3.05) is 6.54 Å². The fourth-order valence-electron chi connectivity index (χ4n) is 2.92. The van der Waals surface area contributed by atoms with E-state index in [1.54, 1.807) is 6.08 Å². The first-order valence-corrected chi connectivity index (χ1v) is 7.33. The summed E-state index contributed by atoms with van der Waals surface area (Å²) in [5.74, 6) is -0.320. The van der Waals surface area contributed by atoms with Crippen molar-refractivity contribution in [1.82, 2.24) is 5.32 Å². The molecule has 0 amide bonds. The molecule has 0 radical (unpaired) electrons. The Balaban J connectivity index is 2.80. The normalized spacial score (nSPS) is 27.1. The smallest absolute Gasteiger partial charge is 0.311 e. The summed E-state index contributed by atoms with van der Waals surface area (Å²) in [7, 11) is 0. The summed E-state index contributed by atoms with van der Waals surface area (Å²) in [6.07, 6.45) is 2.41. The Kier molecular flexibility index (Phi) is 5.39. The van der Waals surface area contributed by atoms with Gasteiger partial charge in [0.1, 0.15) is 5.60 Å². The van der Waals surface area contributed by atoms with E-state index < -0.39 is 11.7 Å². The molecule has 0 aromatic rings. The van der Waals surface area contributed by atoms with E-state index in [1.165, 1.54) is 0 Å². The van der Waals surface area contributed by atoms with Crippen LogP contribution in [0.3, 0.4) is 0 Å². The molecule has 1 rings (SSSR count). The number of hydrogen-bond donors (Lipinski definition) is 2. The summed E-state index contributed by atoms with van der Waals surface area (Å²) in [4.78, 5) is 12.5. The number of carbonyl (C=O) groups excluding carboxylic acids is 1. The number of rotatable bonds is 5.